The third-order valence-corrected chi connectivity index (χ3v) is 6.50. The van der Waals surface area contributed by atoms with E-state index in [2.05, 4.69) is 26.4 Å². The van der Waals surface area contributed by atoms with Gasteiger partial charge < -0.3 is 20.9 Å². The summed E-state index contributed by atoms with van der Waals surface area (Å²) in [7, 11) is 0. The van der Waals surface area contributed by atoms with Crippen LogP contribution in [0.4, 0.5) is 15.8 Å². The number of halogens is 1. The second-order valence-corrected chi connectivity index (χ2v) is 9.12. The Hall–Kier alpha value is -3.50. The van der Waals surface area contributed by atoms with Crippen LogP contribution in [-0.4, -0.2) is 44.8 Å². The van der Waals surface area contributed by atoms with Gasteiger partial charge in [0.1, 0.15) is 5.82 Å². The van der Waals surface area contributed by atoms with Crippen molar-refractivity contribution in [3.8, 4) is 11.3 Å². The fourth-order valence-corrected chi connectivity index (χ4v) is 4.76. The van der Waals surface area contributed by atoms with Crippen LogP contribution in [0.5, 0.6) is 0 Å². The molecule has 4 N–H and O–H groups in total. The Labute approximate surface area is 194 Å². The van der Waals surface area contributed by atoms with Crippen LogP contribution >= 0.6 is 11.3 Å². The van der Waals surface area contributed by atoms with Gasteiger partial charge in [-0.25, -0.2) is 9.37 Å². The number of piperidine rings is 1. The number of nitrogens with two attached hydrogens (primary N) is 1. The maximum Gasteiger partial charge on any atom is 0.291 e. The van der Waals surface area contributed by atoms with E-state index in [-0.39, 0.29) is 17.7 Å². The Kier molecular flexibility index (Phi) is 5.93. The molecule has 1 aromatic carbocycles. The highest BCUT2D eigenvalue weighted by molar-refractivity contribution is 7.09. The van der Waals surface area contributed by atoms with Gasteiger partial charge in [-0.15, -0.1) is 11.3 Å². The van der Waals surface area contributed by atoms with Crippen LogP contribution in [-0.2, 0) is 6.54 Å². The van der Waals surface area contributed by atoms with Crippen molar-refractivity contribution in [2.24, 2.45) is 5.73 Å². The minimum Gasteiger partial charge on any atom is -0.366 e. The van der Waals surface area contributed by atoms with Crippen LogP contribution in [0.15, 0.2) is 54.3 Å². The molecule has 1 atom stereocenters. The summed E-state index contributed by atoms with van der Waals surface area (Å²) in [5, 5.41) is 9.22. The number of hydrogen-bond acceptors (Lipinski definition) is 6. The third kappa shape index (κ3) is 4.67. The van der Waals surface area contributed by atoms with Gasteiger partial charge in [0.2, 0.25) is 0 Å². The van der Waals surface area contributed by atoms with Crippen molar-refractivity contribution < 1.29 is 9.18 Å². The van der Waals surface area contributed by atoms with Crippen LogP contribution < -0.4 is 16.0 Å². The van der Waals surface area contributed by atoms with Gasteiger partial charge in [0.25, 0.3) is 5.91 Å². The Balaban J connectivity index is 1.32. The van der Waals surface area contributed by atoms with Crippen molar-refractivity contribution in [2.75, 3.05) is 23.3 Å². The molecule has 1 aliphatic heterocycles. The van der Waals surface area contributed by atoms with Crippen LogP contribution in [0.25, 0.3) is 11.3 Å². The van der Waals surface area contributed by atoms with Crippen LogP contribution in [0, 0.1) is 5.82 Å². The number of thiophene rings is 1. The summed E-state index contributed by atoms with van der Waals surface area (Å²) in [5.41, 5.74) is 8.35. The number of imidazole rings is 1. The molecule has 0 bridgehead atoms. The van der Waals surface area contributed by atoms with Crippen molar-refractivity contribution in [2.45, 2.75) is 25.4 Å². The minimum absolute atomic E-state index is 0.0183. The number of benzene rings is 1. The largest absolute Gasteiger partial charge is 0.366 e. The zero-order chi connectivity index (χ0) is 22.8. The molecule has 1 fully saturated rings. The highest BCUT2D eigenvalue weighted by Crippen LogP contribution is 2.31. The molecule has 1 amide bonds. The van der Waals surface area contributed by atoms with E-state index >= 15 is 0 Å². The predicted molar refractivity (Wildman–Crippen MR) is 127 cm³/mol. The maximum absolute atomic E-state index is 14.7. The molecule has 1 aliphatic rings. The van der Waals surface area contributed by atoms with Gasteiger partial charge in [0, 0.05) is 35.8 Å². The van der Waals surface area contributed by atoms with Crippen LogP contribution in [0.3, 0.4) is 0 Å². The van der Waals surface area contributed by atoms with E-state index in [0.717, 1.165) is 18.4 Å². The summed E-state index contributed by atoms with van der Waals surface area (Å²) in [6, 6.07) is 8.71. The Morgan fingerprint density at radius 2 is 2.21 bits per heavy atom. The monoisotopic (exact) mass is 465 g/mol. The first-order valence-corrected chi connectivity index (χ1v) is 11.7. The van der Waals surface area contributed by atoms with Gasteiger partial charge >= 0.3 is 0 Å². The smallest absolute Gasteiger partial charge is 0.291 e. The first-order valence-electron chi connectivity index (χ1n) is 10.8. The first-order chi connectivity index (χ1) is 16.1. The lowest BCUT2D eigenvalue weighted by Gasteiger charge is -2.34. The zero-order valence-corrected chi connectivity index (χ0v) is 18.7. The van der Waals surface area contributed by atoms with E-state index in [4.69, 9.17) is 5.73 Å². The number of carbonyl (C=O) groups is 1. The lowest BCUT2D eigenvalue weighted by atomic mass is 10.1. The topological polar surface area (TPSA) is 105 Å². The summed E-state index contributed by atoms with van der Waals surface area (Å²) in [6.07, 6.45) is 7.01. The number of H-pyrrole nitrogens is 1. The Bertz CT molecular complexity index is 1250. The molecule has 10 heteroatoms. The molecule has 0 saturated carbocycles. The second kappa shape index (κ2) is 9.16. The number of anilines is 2. The number of hydrogen-bond donors (Lipinski definition) is 3. The molecule has 8 nitrogen and oxygen atoms in total. The summed E-state index contributed by atoms with van der Waals surface area (Å²) >= 11 is 1.67. The molecule has 33 heavy (non-hydrogen) atoms. The normalized spacial score (nSPS) is 16.2. The standard InChI is InChI=1S/C23H24FN7OS/c24-18-6-1-7-19(21(18)30-8-2-4-16(25)13-30)29-23(32)22-26-11-20(28-22)15-10-27-31(12-15)14-17-5-3-9-33-17/h1,3,5-7,9-12,16H,2,4,8,13-14,25H2,(H,26,28)(H,29,32)/t16-/m1/s1. The lowest BCUT2D eigenvalue weighted by Crippen LogP contribution is -2.43. The van der Waals surface area contributed by atoms with E-state index in [1.807, 2.05) is 27.2 Å². The van der Waals surface area contributed by atoms with Crippen LogP contribution in [0.2, 0.25) is 0 Å². The average molecular weight is 466 g/mol. The summed E-state index contributed by atoms with van der Waals surface area (Å²) in [6.45, 7) is 1.92. The number of para-hydroxylation sites is 1. The second-order valence-electron chi connectivity index (χ2n) is 8.09. The third-order valence-electron chi connectivity index (χ3n) is 5.64. The quantitative estimate of drug-likeness (QED) is 0.403. The van der Waals surface area contributed by atoms with Crippen molar-refractivity contribution in [1.29, 1.82) is 0 Å². The van der Waals surface area contributed by atoms with E-state index in [9.17, 15) is 9.18 Å². The number of nitrogens with zero attached hydrogens (tertiary/aromatic N) is 4. The molecule has 0 spiro atoms. The SMILES string of the molecule is N[C@@H]1CCCN(c2c(F)cccc2NC(=O)c2ncc(-c3cnn(Cc4cccs4)c3)[nH]2)C1. The van der Waals surface area contributed by atoms with Gasteiger partial charge in [0.15, 0.2) is 5.82 Å². The number of nitrogens with one attached hydrogen (secondary N) is 2. The molecule has 5 rings (SSSR count). The Morgan fingerprint density at radius 3 is 3.03 bits per heavy atom. The van der Waals surface area contributed by atoms with E-state index in [1.54, 1.807) is 35.9 Å². The molecule has 3 aromatic heterocycles. The van der Waals surface area contributed by atoms with Gasteiger partial charge in [-0.05, 0) is 36.4 Å². The number of aromatic amines is 1. The fraction of sp³-hybridized carbons (Fsp3) is 0.261. The predicted octanol–water partition coefficient (Wildman–Crippen LogP) is 3.70. The number of amides is 1. The fourth-order valence-electron chi connectivity index (χ4n) is 4.07. The highest BCUT2D eigenvalue weighted by atomic mass is 32.1. The molecule has 4 heterocycles. The molecular formula is C23H24FN7OS. The molecule has 0 aliphatic carbocycles. The summed E-state index contributed by atoms with van der Waals surface area (Å²) < 4.78 is 16.5. The molecular weight excluding hydrogens is 441 g/mol. The van der Waals surface area contributed by atoms with Gasteiger partial charge in [-0.3, -0.25) is 9.48 Å². The number of aromatic nitrogens is 4. The van der Waals surface area contributed by atoms with Crippen molar-refractivity contribution >= 4 is 28.6 Å². The van der Waals surface area contributed by atoms with E-state index in [1.165, 1.54) is 10.9 Å². The van der Waals surface area contributed by atoms with Crippen molar-refractivity contribution in [3.05, 3.63) is 70.8 Å². The minimum atomic E-state index is -0.444. The molecule has 0 unspecified atom stereocenters. The van der Waals surface area contributed by atoms with E-state index in [0.29, 0.717) is 36.7 Å². The molecule has 170 valence electrons. The number of rotatable bonds is 6. The van der Waals surface area contributed by atoms with Gasteiger partial charge in [-0.1, -0.05) is 12.1 Å². The zero-order valence-electron chi connectivity index (χ0n) is 17.9. The van der Waals surface area contributed by atoms with Crippen LogP contribution in [0.1, 0.15) is 28.3 Å². The first kappa shape index (κ1) is 21.4. The average Bonchev–Trinajstić information content (AvgIpc) is 3.56. The van der Waals surface area contributed by atoms with E-state index < -0.39 is 5.91 Å². The lowest BCUT2D eigenvalue weighted by molar-refractivity contribution is 0.101. The number of carbonyl (C=O) groups excluding carboxylic acids is 1. The molecule has 1 saturated heterocycles. The van der Waals surface area contributed by atoms with Gasteiger partial charge in [-0.2, -0.15) is 5.10 Å². The Morgan fingerprint density at radius 1 is 1.30 bits per heavy atom. The molecule has 0 radical (unpaired) electrons. The highest BCUT2D eigenvalue weighted by Gasteiger charge is 2.23. The summed E-state index contributed by atoms with van der Waals surface area (Å²) in [5.74, 6) is -0.692. The van der Waals surface area contributed by atoms with Gasteiger partial charge in [0.05, 0.1) is 36.0 Å². The van der Waals surface area contributed by atoms with Crippen molar-refractivity contribution in [1.82, 2.24) is 19.7 Å². The van der Waals surface area contributed by atoms with Crippen molar-refractivity contribution in [3.63, 3.8) is 0 Å². The maximum atomic E-state index is 14.7. The summed E-state index contributed by atoms with van der Waals surface area (Å²) in [4.78, 5) is 23.3. The molecule has 4 aromatic rings.